The molecule has 36 heavy (non-hydrogen) atoms. The molecule has 0 radical (unpaired) electrons. The van der Waals surface area contributed by atoms with Crippen molar-refractivity contribution >= 4 is 49.7 Å². The molecule has 7 rings (SSSR count). The van der Waals surface area contributed by atoms with Gasteiger partial charge >= 0.3 is 0 Å². The molecule has 0 bridgehead atoms. The van der Waals surface area contributed by atoms with Crippen molar-refractivity contribution in [2.24, 2.45) is 0 Å². The molecule has 1 fully saturated rings. The third-order valence-electron chi connectivity index (χ3n) is 7.25. The van der Waals surface area contributed by atoms with Gasteiger partial charge < -0.3 is 9.80 Å². The molecule has 0 atom stereocenters. The van der Waals surface area contributed by atoms with Crippen LogP contribution in [0.2, 0.25) is 0 Å². The topological polar surface area (TPSA) is 57.9 Å². The summed E-state index contributed by atoms with van der Waals surface area (Å²) in [7, 11) is 0. The average molecular weight is 477 g/mol. The standard InChI is InChI=1S/C29H21FN4O2/c30-22-10-4-6-12-25(22)32-13-15-33(16-14-32)29(36)23-17-21-18-7-3-5-11-24(18)34-27(21)26(31-23)19-8-1-2-9-20(19)28(34)35/h1-12,17H,13-16H2. The molecule has 0 unspecified atom stereocenters. The third-order valence-corrected chi connectivity index (χ3v) is 7.25. The molecule has 7 heteroatoms. The molecular formula is C29H21FN4O2. The Kier molecular flexibility index (Phi) is 4.48. The number of hydrogen-bond acceptors (Lipinski definition) is 4. The molecular weight excluding hydrogens is 455 g/mol. The number of halogens is 1. The Morgan fingerprint density at radius 3 is 2.22 bits per heavy atom. The van der Waals surface area contributed by atoms with Gasteiger partial charge in [-0.15, -0.1) is 0 Å². The van der Waals surface area contributed by atoms with Gasteiger partial charge in [0.15, 0.2) is 0 Å². The molecule has 3 aromatic heterocycles. The van der Waals surface area contributed by atoms with Gasteiger partial charge in [0.2, 0.25) is 0 Å². The molecule has 1 aliphatic heterocycles. The van der Waals surface area contributed by atoms with Gasteiger partial charge in [0.1, 0.15) is 11.5 Å². The summed E-state index contributed by atoms with van der Waals surface area (Å²) in [5.41, 5.74) is 3.01. The van der Waals surface area contributed by atoms with E-state index in [1.807, 2.05) is 59.5 Å². The third kappa shape index (κ3) is 2.92. The number of anilines is 1. The fourth-order valence-electron chi connectivity index (χ4n) is 5.51. The lowest BCUT2D eigenvalue weighted by Crippen LogP contribution is -2.49. The fraction of sp³-hybridized carbons (Fsp3) is 0.138. The van der Waals surface area contributed by atoms with Crippen LogP contribution in [0.1, 0.15) is 10.5 Å². The van der Waals surface area contributed by atoms with Crippen LogP contribution in [0.3, 0.4) is 0 Å². The number of aromatic nitrogens is 2. The maximum Gasteiger partial charge on any atom is 0.272 e. The molecule has 1 aliphatic rings. The van der Waals surface area contributed by atoms with Crippen molar-refractivity contribution in [1.29, 1.82) is 0 Å². The number of benzene rings is 3. The Bertz CT molecular complexity index is 1870. The van der Waals surface area contributed by atoms with Gasteiger partial charge in [-0.2, -0.15) is 0 Å². The Morgan fingerprint density at radius 2 is 1.44 bits per heavy atom. The first-order valence-corrected chi connectivity index (χ1v) is 12.0. The zero-order valence-corrected chi connectivity index (χ0v) is 19.3. The fourth-order valence-corrected chi connectivity index (χ4v) is 5.51. The predicted octanol–water partition coefficient (Wildman–Crippen LogP) is 4.69. The average Bonchev–Trinajstić information content (AvgIpc) is 3.26. The summed E-state index contributed by atoms with van der Waals surface area (Å²) in [4.78, 5) is 35.7. The first kappa shape index (κ1) is 20.8. The smallest absolute Gasteiger partial charge is 0.272 e. The SMILES string of the molecule is O=C(c1cc2c3ccccc3n3c(=O)c4ccccc4c(n1)c23)N1CCN(c2ccccc2F)CC1. The van der Waals surface area contributed by atoms with Gasteiger partial charge in [-0.3, -0.25) is 14.0 Å². The molecule has 1 amide bonds. The number of fused-ring (bicyclic) bond motifs is 5. The summed E-state index contributed by atoms with van der Waals surface area (Å²) >= 11 is 0. The number of carbonyl (C=O) groups excluding carboxylic acids is 1. The lowest BCUT2D eigenvalue weighted by atomic mass is 10.1. The highest BCUT2D eigenvalue weighted by atomic mass is 19.1. The summed E-state index contributed by atoms with van der Waals surface area (Å²) in [6.45, 7) is 2.02. The molecule has 0 aliphatic carbocycles. The number of nitrogens with zero attached hydrogens (tertiary/aromatic N) is 4. The Labute approximate surface area is 205 Å². The van der Waals surface area contributed by atoms with Gasteiger partial charge in [0, 0.05) is 47.7 Å². The van der Waals surface area contributed by atoms with Crippen molar-refractivity contribution in [3.63, 3.8) is 0 Å². The lowest BCUT2D eigenvalue weighted by molar-refractivity contribution is 0.0741. The summed E-state index contributed by atoms with van der Waals surface area (Å²) in [5, 5.41) is 3.06. The van der Waals surface area contributed by atoms with Crippen molar-refractivity contribution < 1.29 is 9.18 Å². The molecule has 0 N–H and O–H groups in total. The zero-order valence-electron chi connectivity index (χ0n) is 19.3. The largest absolute Gasteiger partial charge is 0.366 e. The van der Waals surface area contributed by atoms with Crippen LogP contribution < -0.4 is 10.5 Å². The van der Waals surface area contributed by atoms with Gasteiger partial charge in [0.25, 0.3) is 11.5 Å². The van der Waals surface area contributed by atoms with Crippen LogP contribution in [0, 0.1) is 5.82 Å². The second kappa shape index (κ2) is 7.75. The molecule has 4 heterocycles. The number of carbonyl (C=O) groups is 1. The van der Waals surface area contributed by atoms with Crippen LogP contribution in [-0.4, -0.2) is 46.4 Å². The monoisotopic (exact) mass is 476 g/mol. The number of pyridine rings is 2. The van der Waals surface area contributed by atoms with Gasteiger partial charge in [-0.25, -0.2) is 9.37 Å². The highest BCUT2D eigenvalue weighted by molar-refractivity contribution is 6.20. The van der Waals surface area contributed by atoms with E-state index in [-0.39, 0.29) is 17.3 Å². The Hall–Kier alpha value is -4.52. The number of para-hydroxylation sites is 2. The molecule has 176 valence electrons. The molecule has 6 aromatic rings. The second-order valence-electron chi connectivity index (χ2n) is 9.19. The summed E-state index contributed by atoms with van der Waals surface area (Å²) < 4.78 is 16.0. The number of rotatable bonds is 2. The van der Waals surface area contributed by atoms with E-state index >= 15 is 0 Å². The Balaban J connectivity index is 1.35. The van der Waals surface area contributed by atoms with E-state index in [1.54, 1.807) is 27.5 Å². The predicted molar refractivity (Wildman–Crippen MR) is 140 cm³/mol. The van der Waals surface area contributed by atoms with Crippen molar-refractivity contribution in [1.82, 2.24) is 14.3 Å². The summed E-state index contributed by atoms with van der Waals surface area (Å²) in [5.74, 6) is -0.416. The zero-order chi connectivity index (χ0) is 24.4. The minimum atomic E-state index is -0.256. The van der Waals surface area contributed by atoms with Crippen molar-refractivity contribution in [2.45, 2.75) is 0 Å². The van der Waals surface area contributed by atoms with E-state index in [2.05, 4.69) is 0 Å². The van der Waals surface area contributed by atoms with Crippen LogP contribution in [0.15, 0.2) is 83.7 Å². The van der Waals surface area contributed by atoms with Crippen LogP contribution in [0.25, 0.3) is 38.1 Å². The van der Waals surface area contributed by atoms with Gasteiger partial charge in [0.05, 0.1) is 22.2 Å². The van der Waals surface area contributed by atoms with Crippen molar-refractivity contribution in [3.8, 4) is 0 Å². The highest BCUT2D eigenvalue weighted by Crippen LogP contribution is 2.34. The van der Waals surface area contributed by atoms with Crippen LogP contribution in [0.5, 0.6) is 0 Å². The highest BCUT2D eigenvalue weighted by Gasteiger charge is 2.26. The van der Waals surface area contributed by atoms with Gasteiger partial charge in [-0.05, 0) is 30.3 Å². The molecule has 0 spiro atoms. The van der Waals surface area contributed by atoms with E-state index in [9.17, 15) is 14.0 Å². The molecule has 1 saturated heterocycles. The number of hydrogen-bond donors (Lipinski definition) is 0. The maximum atomic E-state index is 14.3. The van der Waals surface area contributed by atoms with E-state index < -0.39 is 0 Å². The number of amides is 1. The van der Waals surface area contributed by atoms with Crippen LogP contribution in [0.4, 0.5) is 10.1 Å². The van der Waals surface area contributed by atoms with Crippen molar-refractivity contribution in [3.05, 3.63) is 101 Å². The lowest BCUT2D eigenvalue weighted by Gasteiger charge is -2.36. The van der Waals surface area contributed by atoms with E-state index in [0.717, 1.165) is 27.2 Å². The second-order valence-corrected chi connectivity index (χ2v) is 9.19. The summed E-state index contributed by atoms with van der Waals surface area (Å²) in [6, 6.07) is 23.7. The van der Waals surface area contributed by atoms with E-state index in [4.69, 9.17) is 4.98 Å². The number of piperazine rings is 1. The first-order chi connectivity index (χ1) is 17.6. The van der Waals surface area contributed by atoms with Crippen LogP contribution in [-0.2, 0) is 0 Å². The molecule has 6 nitrogen and oxygen atoms in total. The Morgan fingerprint density at radius 1 is 0.778 bits per heavy atom. The minimum absolute atomic E-state index is 0.0885. The maximum absolute atomic E-state index is 14.3. The minimum Gasteiger partial charge on any atom is -0.366 e. The molecule has 3 aromatic carbocycles. The van der Waals surface area contributed by atoms with E-state index in [1.165, 1.54) is 6.07 Å². The van der Waals surface area contributed by atoms with E-state index in [0.29, 0.717) is 48.5 Å². The van der Waals surface area contributed by atoms with Crippen LogP contribution >= 0.6 is 0 Å². The first-order valence-electron chi connectivity index (χ1n) is 12.0. The molecule has 0 saturated carbocycles. The summed E-state index contributed by atoms with van der Waals surface area (Å²) in [6.07, 6.45) is 0. The van der Waals surface area contributed by atoms with Crippen molar-refractivity contribution in [2.75, 3.05) is 31.1 Å². The quantitative estimate of drug-likeness (QED) is 0.340. The van der Waals surface area contributed by atoms with Gasteiger partial charge in [-0.1, -0.05) is 48.5 Å². The normalized spacial score (nSPS) is 14.5.